The largest absolute Gasteiger partial charge is 0.381 e. The van der Waals surface area contributed by atoms with Crippen LogP contribution < -0.4 is 5.43 Å². The van der Waals surface area contributed by atoms with Crippen LogP contribution in [0.15, 0.2) is 42.6 Å². The van der Waals surface area contributed by atoms with Crippen molar-refractivity contribution in [2.75, 3.05) is 26.2 Å². The maximum Gasteiger partial charge on any atom is 0.267 e. The number of pyridine rings is 1. The van der Waals surface area contributed by atoms with Crippen molar-refractivity contribution < 1.29 is 9.90 Å². The first-order chi connectivity index (χ1) is 15.6. The monoisotopic (exact) mass is 430 g/mol. The van der Waals surface area contributed by atoms with Crippen LogP contribution in [0.3, 0.4) is 0 Å². The standard InChI is InChI=1S/C26H30N4O2/c1-2-23-26(32,22-10-14-29(23)15-11-22)24-20(16-19-8-4-3-5-9-19)17-21(18-27-24)25(31)28-30-12-6-7-13-30/h1,3-5,8-9,17-18,22-23,32H,6-7,10-16H2,(H,28,31). The molecule has 5 heterocycles. The Morgan fingerprint density at radius 3 is 2.59 bits per heavy atom. The van der Waals surface area contributed by atoms with E-state index in [1.54, 1.807) is 6.20 Å². The Bertz CT molecular complexity index is 1020. The molecule has 4 saturated heterocycles. The van der Waals surface area contributed by atoms with Crippen molar-refractivity contribution in [3.63, 3.8) is 0 Å². The van der Waals surface area contributed by atoms with Crippen LogP contribution in [0.2, 0.25) is 0 Å². The second-order valence-electron chi connectivity index (χ2n) is 9.23. The Balaban J connectivity index is 1.54. The molecule has 32 heavy (non-hydrogen) atoms. The zero-order chi connectivity index (χ0) is 22.1. The first-order valence-electron chi connectivity index (χ1n) is 11.6. The minimum Gasteiger partial charge on any atom is -0.381 e. The van der Waals surface area contributed by atoms with E-state index in [1.165, 1.54) is 0 Å². The molecule has 1 aromatic carbocycles. The Kier molecular flexibility index (Phi) is 5.73. The topological polar surface area (TPSA) is 68.7 Å². The predicted octanol–water partition coefficient (Wildman–Crippen LogP) is 2.33. The third-order valence-electron chi connectivity index (χ3n) is 7.30. The molecule has 4 aliphatic rings. The highest BCUT2D eigenvalue weighted by Crippen LogP contribution is 2.47. The van der Waals surface area contributed by atoms with Gasteiger partial charge in [-0.15, -0.1) is 6.42 Å². The molecule has 166 valence electrons. The molecule has 6 heteroatoms. The van der Waals surface area contributed by atoms with E-state index in [0.29, 0.717) is 17.7 Å². The zero-order valence-electron chi connectivity index (χ0n) is 18.3. The van der Waals surface area contributed by atoms with Gasteiger partial charge >= 0.3 is 0 Å². The first kappa shape index (κ1) is 21.1. The van der Waals surface area contributed by atoms with Crippen LogP contribution in [0.1, 0.15) is 52.9 Å². The number of hydrogen-bond donors (Lipinski definition) is 2. The van der Waals surface area contributed by atoms with E-state index < -0.39 is 11.6 Å². The van der Waals surface area contributed by atoms with E-state index in [0.717, 1.165) is 63.0 Å². The fraction of sp³-hybridized carbons (Fsp3) is 0.462. The van der Waals surface area contributed by atoms with Gasteiger partial charge in [0, 0.05) is 19.3 Å². The molecule has 2 aromatic rings. The van der Waals surface area contributed by atoms with Gasteiger partial charge in [-0.25, -0.2) is 5.01 Å². The lowest BCUT2D eigenvalue weighted by Crippen LogP contribution is -2.64. The molecule has 0 aliphatic carbocycles. The smallest absolute Gasteiger partial charge is 0.267 e. The number of fused-ring (bicyclic) bond motifs is 3. The number of piperidine rings is 3. The van der Waals surface area contributed by atoms with Gasteiger partial charge in [0.15, 0.2) is 0 Å². The van der Waals surface area contributed by atoms with E-state index in [2.05, 4.69) is 28.4 Å². The van der Waals surface area contributed by atoms with Crippen LogP contribution in [0.25, 0.3) is 0 Å². The summed E-state index contributed by atoms with van der Waals surface area (Å²) in [5.74, 6) is 2.76. The van der Waals surface area contributed by atoms with Crippen molar-refractivity contribution in [3.8, 4) is 12.3 Å². The minimum atomic E-state index is -1.21. The van der Waals surface area contributed by atoms with Crippen molar-refractivity contribution in [2.45, 2.75) is 43.7 Å². The second kappa shape index (κ2) is 8.67. The third kappa shape index (κ3) is 3.71. The molecule has 0 saturated carbocycles. The molecule has 4 fully saturated rings. The van der Waals surface area contributed by atoms with Crippen molar-refractivity contribution in [1.29, 1.82) is 0 Å². The Morgan fingerprint density at radius 1 is 1.19 bits per heavy atom. The SMILES string of the molecule is C#CC1N2CCC(CC2)C1(O)c1ncc(C(=O)NN2CCCC2)cc1Cc1ccccc1. The molecule has 2 unspecified atom stereocenters. The molecule has 2 bridgehead atoms. The molecule has 0 spiro atoms. The molecule has 0 radical (unpaired) electrons. The lowest BCUT2D eigenvalue weighted by molar-refractivity contribution is -0.145. The Morgan fingerprint density at radius 2 is 1.91 bits per heavy atom. The highest BCUT2D eigenvalue weighted by molar-refractivity contribution is 5.93. The minimum absolute atomic E-state index is 0.0693. The highest BCUT2D eigenvalue weighted by Gasteiger charge is 2.55. The molecule has 1 aromatic heterocycles. The molecule has 6 nitrogen and oxygen atoms in total. The fourth-order valence-corrected chi connectivity index (χ4v) is 5.64. The van der Waals surface area contributed by atoms with Crippen molar-refractivity contribution in [3.05, 3.63) is 65.0 Å². The average Bonchev–Trinajstić information content (AvgIpc) is 3.33. The fourth-order valence-electron chi connectivity index (χ4n) is 5.64. The molecule has 2 N–H and O–H groups in total. The van der Waals surface area contributed by atoms with E-state index in [-0.39, 0.29) is 11.8 Å². The summed E-state index contributed by atoms with van der Waals surface area (Å²) in [7, 11) is 0. The number of hydrazine groups is 1. The normalized spacial score (nSPS) is 29.6. The Hall–Kier alpha value is -2.72. The van der Waals surface area contributed by atoms with Gasteiger partial charge < -0.3 is 5.11 Å². The summed E-state index contributed by atoms with van der Waals surface area (Å²) in [5, 5.41) is 14.0. The van der Waals surface area contributed by atoms with Crippen LogP contribution in [0.5, 0.6) is 0 Å². The molecular formula is C26H30N4O2. The molecule has 4 aliphatic heterocycles. The number of nitrogens with zero attached hydrogens (tertiary/aromatic N) is 3. The summed E-state index contributed by atoms with van der Waals surface area (Å²) in [5.41, 5.74) is 4.88. The predicted molar refractivity (Wildman–Crippen MR) is 123 cm³/mol. The number of hydrogen-bond acceptors (Lipinski definition) is 5. The van der Waals surface area contributed by atoms with E-state index in [9.17, 15) is 9.90 Å². The molecule has 2 atom stereocenters. The maximum absolute atomic E-state index is 12.9. The Labute approximate surface area is 189 Å². The summed E-state index contributed by atoms with van der Waals surface area (Å²) < 4.78 is 0. The number of terminal acetylenes is 1. The number of amides is 1. The van der Waals surface area contributed by atoms with Gasteiger partial charge in [0.1, 0.15) is 11.6 Å². The van der Waals surface area contributed by atoms with Gasteiger partial charge in [-0.2, -0.15) is 0 Å². The van der Waals surface area contributed by atoms with Crippen molar-refractivity contribution in [2.24, 2.45) is 5.92 Å². The van der Waals surface area contributed by atoms with Gasteiger partial charge in [-0.3, -0.25) is 20.1 Å². The van der Waals surface area contributed by atoms with Gasteiger partial charge in [0.05, 0.1) is 11.3 Å². The van der Waals surface area contributed by atoms with Crippen LogP contribution in [0.4, 0.5) is 0 Å². The summed E-state index contributed by atoms with van der Waals surface area (Å²) >= 11 is 0. The summed E-state index contributed by atoms with van der Waals surface area (Å²) in [4.78, 5) is 19.9. The van der Waals surface area contributed by atoms with Crippen LogP contribution in [-0.2, 0) is 12.0 Å². The van der Waals surface area contributed by atoms with Crippen LogP contribution >= 0.6 is 0 Å². The zero-order valence-corrected chi connectivity index (χ0v) is 18.3. The van der Waals surface area contributed by atoms with Gasteiger partial charge in [-0.05, 0) is 68.3 Å². The number of carbonyl (C=O) groups excluding carboxylic acids is 1. The number of benzene rings is 1. The highest BCUT2D eigenvalue weighted by atomic mass is 16.3. The number of nitrogens with one attached hydrogen (secondary N) is 1. The van der Waals surface area contributed by atoms with Gasteiger partial charge in [0.2, 0.25) is 0 Å². The van der Waals surface area contributed by atoms with Gasteiger partial charge in [0.25, 0.3) is 5.91 Å². The third-order valence-corrected chi connectivity index (χ3v) is 7.30. The number of aromatic nitrogens is 1. The first-order valence-corrected chi connectivity index (χ1v) is 11.6. The lowest BCUT2D eigenvalue weighted by atomic mass is 9.67. The van der Waals surface area contributed by atoms with Crippen molar-refractivity contribution in [1.82, 2.24) is 20.3 Å². The molecular weight excluding hydrogens is 400 g/mol. The lowest BCUT2D eigenvalue weighted by Gasteiger charge is -2.54. The van der Waals surface area contributed by atoms with E-state index >= 15 is 0 Å². The molecule has 6 rings (SSSR count). The second-order valence-corrected chi connectivity index (χ2v) is 9.23. The number of carbonyl (C=O) groups is 1. The number of rotatable bonds is 5. The van der Waals surface area contributed by atoms with Crippen molar-refractivity contribution >= 4 is 5.91 Å². The van der Waals surface area contributed by atoms with Gasteiger partial charge in [-0.1, -0.05) is 36.3 Å². The summed E-state index contributed by atoms with van der Waals surface area (Å²) in [6.45, 7) is 3.56. The van der Waals surface area contributed by atoms with Crippen LogP contribution in [-0.4, -0.2) is 58.1 Å². The summed E-state index contributed by atoms with van der Waals surface area (Å²) in [6.07, 6.45) is 12.1. The number of aliphatic hydroxyl groups is 1. The average molecular weight is 431 g/mol. The maximum atomic E-state index is 12.9. The van der Waals surface area contributed by atoms with E-state index in [1.807, 2.05) is 29.3 Å². The van der Waals surface area contributed by atoms with Crippen LogP contribution in [0, 0.1) is 18.3 Å². The summed E-state index contributed by atoms with van der Waals surface area (Å²) in [6, 6.07) is 11.6. The van der Waals surface area contributed by atoms with E-state index in [4.69, 9.17) is 11.4 Å². The molecule has 1 amide bonds. The quantitative estimate of drug-likeness (QED) is 0.713.